The molecule has 0 aliphatic carbocycles. The van der Waals surface area contributed by atoms with E-state index in [0.29, 0.717) is 24.4 Å². The zero-order chi connectivity index (χ0) is 22.6. The van der Waals surface area contributed by atoms with Gasteiger partial charge in [-0.15, -0.1) is 0 Å². The lowest BCUT2D eigenvalue weighted by atomic mass is 10.1. The summed E-state index contributed by atoms with van der Waals surface area (Å²) >= 11 is 0. The van der Waals surface area contributed by atoms with Crippen molar-refractivity contribution in [3.63, 3.8) is 0 Å². The quantitative estimate of drug-likeness (QED) is 0.301. The van der Waals surface area contributed by atoms with Crippen LogP contribution >= 0.6 is 0 Å². The van der Waals surface area contributed by atoms with Gasteiger partial charge in [-0.2, -0.15) is 5.10 Å². The lowest BCUT2D eigenvalue weighted by molar-refractivity contribution is 0.104. The van der Waals surface area contributed by atoms with E-state index in [1.54, 1.807) is 36.4 Å². The van der Waals surface area contributed by atoms with Gasteiger partial charge in [0.25, 0.3) is 0 Å². The highest BCUT2D eigenvalue weighted by atomic mass is 16.6. The van der Waals surface area contributed by atoms with Crippen LogP contribution in [0.4, 0.5) is 10.5 Å². The van der Waals surface area contributed by atoms with E-state index in [4.69, 9.17) is 9.84 Å². The minimum Gasteiger partial charge on any atom is -0.447 e. The number of cyclic esters (lactones) is 1. The Kier molecular flexibility index (Phi) is 5.55. The van der Waals surface area contributed by atoms with Gasteiger partial charge in [-0.1, -0.05) is 60.7 Å². The van der Waals surface area contributed by atoms with Crippen molar-refractivity contribution in [2.24, 2.45) is 0 Å². The predicted octanol–water partition coefficient (Wildman–Crippen LogP) is 5.39. The molecule has 1 aromatic heterocycles. The van der Waals surface area contributed by atoms with Crippen molar-refractivity contribution < 1.29 is 14.3 Å². The first-order chi connectivity index (χ1) is 16.2. The number of aromatic nitrogens is 2. The number of hydrogen-bond donors (Lipinski definition) is 0. The van der Waals surface area contributed by atoms with E-state index in [2.05, 4.69) is 0 Å². The molecule has 0 radical (unpaired) electrons. The number of hydrogen-bond acceptors (Lipinski definition) is 4. The van der Waals surface area contributed by atoms with Gasteiger partial charge in [0, 0.05) is 28.6 Å². The number of ketones is 1. The number of anilines is 1. The van der Waals surface area contributed by atoms with Crippen molar-refractivity contribution in [3.8, 4) is 16.9 Å². The molecule has 1 aliphatic heterocycles. The van der Waals surface area contributed by atoms with Gasteiger partial charge in [-0.25, -0.2) is 9.48 Å². The van der Waals surface area contributed by atoms with Gasteiger partial charge in [0.2, 0.25) is 0 Å². The largest absolute Gasteiger partial charge is 0.447 e. The summed E-state index contributed by atoms with van der Waals surface area (Å²) in [5.41, 5.74) is 4.67. The van der Waals surface area contributed by atoms with Gasteiger partial charge < -0.3 is 4.74 Å². The highest BCUT2D eigenvalue weighted by Gasteiger charge is 2.23. The minimum absolute atomic E-state index is 0.157. The summed E-state index contributed by atoms with van der Waals surface area (Å²) in [5.74, 6) is -0.157. The standard InChI is InChI=1S/C27H21N3O3/c31-25(21-10-7-13-24(18-21)29-16-17-33-27(29)32)15-14-22-19-30(23-11-5-2-6-12-23)28-26(22)20-8-3-1-4-9-20/h1-15,18-19H,16-17H2/b15-14+. The van der Waals surface area contributed by atoms with Gasteiger partial charge >= 0.3 is 6.09 Å². The Morgan fingerprint density at radius 3 is 2.36 bits per heavy atom. The average molecular weight is 435 g/mol. The van der Waals surface area contributed by atoms with Crippen LogP contribution in [0.5, 0.6) is 0 Å². The van der Waals surface area contributed by atoms with Crippen molar-refractivity contribution in [2.45, 2.75) is 0 Å². The number of benzene rings is 3. The summed E-state index contributed by atoms with van der Waals surface area (Å²) in [4.78, 5) is 26.3. The van der Waals surface area contributed by atoms with Crippen molar-refractivity contribution in [1.82, 2.24) is 9.78 Å². The number of allylic oxidation sites excluding steroid dienone is 1. The van der Waals surface area contributed by atoms with E-state index in [1.165, 1.54) is 4.90 Å². The van der Waals surface area contributed by atoms with Crippen LogP contribution in [-0.4, -0.2) is 34.8 Å². The zero-order valence-electron chi connectivity index (χ0n) is 17.8. The van der Waals surface area contributed by atoms with E-state index in [9.17, 15) is 9.59 Å². The summed E-state index contributed by atoms with van der Waals surface area (Å²) in [7, 11) is 0. The van der Waals surface area contributed by atoms with Crippen molar-refractivity contribution in [1.29, 1.82) is 0 Å². The van der Waals surface area contributed by atoms with Crippen LogP contribution in [0.3, 0.4) is 0 Å². The molecule has 0 spiro atoms. The Morgan fingerprint density at radius 1 is 0.909 bits per heavy atom. The first-order valence-electron chi connectivity index (χ1n) is 10.7. The van der Waals surface area contributed by atoms with E-state index < -0.39 is 6.09 Å². The molecule has 6 nitrogen and oxygen atoms in total. The van der Waals surface area contributed by atoms with Gasteiger partial charge in [-0.3, -0.25) is 9.69 Å². The molecule has 1 fully saturated rings. The highest BCUT2D eigenvalue weighted by Crippen LogP contribution is 2.25. The molecule has 0 unspecified atom stereocenters. The van der Waals surface area contributed by atoms with Gasteiger partial charge in [-0.05, 0) is 36.4 Å². The minimum atomic E-state index is -0.393. The molecule has 1 amide bonds. The van der Waals surface area contributed by atoms with Gasteiger partial charge in [0.05, 0.1) is 17.9 Å². The molecule has 5 rings (SSSR count). The second-order valence-corrected chi connectivity index (χ2v) is 7.59. The summed E-state index contributed by atoms with van der Waals surface area (Å²) in [6, 6.07) is 26.7. The zero-order valence-corrected chi connectivity index (χ0v) is 17.8. The second kappa shape index (κ2) is 8.96. The van der Waals surface area contributed by atoms with Crippen LogP contribution < -0.4 is 4.90 Å². The number of rotatable bonds is 6. The molecular formula is C27H21N3O3. The molecular weight excluding hydrogens is 414 g/mol. The van der Waals surface area contributed by atoms with Crippen LogP contribution in [0.25, 0.3) is 23.0 Å². The van der Waals surface area contributed by atoms with Crippen molar-refractivity contribution >= 4 is 23.6 Å². The van der Waals surface area contributed by atoms with Gasteiger partial charge in [0.1, 0.15) is 6.61 Å². The first kappa shape index (κ1) is 20.5. The highest BCUT2D eigenvalue weighted by molar-refractivity contribution is 6.08. The normalized spacial score (nSPS) is 13.5. The SMILES string of the molecule is O=C(/C=C/c1cn(-c2ccccc2)nc1-c1ccccc1)c1cccc(N2CCOC2=O)c1. The number of ether oxygens (including phenoxy) is 1. The maximum absolute atomic E-state index is 12.9. The van der Waals surface area contributed by atoms with Gasteiger partial charge in [0.15, 0.2) is 5.78 Å². The molecule has 0 N–H and O–H groups in total. The van der Waals surface area contributed by atoms with Crippen LogP contribution in [0.1, 0.15) is 15.9 Å². The monoisotopic (exact) mass is 435 g/mol. The fourth-order valence-electron chi connectivity index (χ4n) is 3.76. The molecule has 1 aliphatic rings. The van der Waals surface area contributed by atoms with Crippen molar-refractivity contribution in [2.75, 3.05) is 18.1 Å². The number of para-hydroxylation sites is 1. The van der Waals surface area contributed by atoms with Crippen LogP contribution in [0.2, 0.25) is 0 Å². The average Bonchev–Trinajstić information content (AvgIpc) is 3.50. The molecule has 1 saturated heterocycles. The fraction of sp³-hybridized carbons (Fsp3) is 0.0741. The Hall–Kier alpha value is -4.45. The van der Waals surface area contributed by atoms with E-state index in [-0.39, 0.29) is 5.78 Å². The van der Waals surface area contributed by atoms with E-state index in [1.807, 2.05) is 71.5 Å². The summed E-state index contributed by atoms with van der Waals surface area (Å²) in [6.07, 6.45) is 4.85. The first-order valence-corrected chi connectivity index (χ1v) is 10.7. The molecule has 162 valence electrons. The number of carbonyl (C=O) groups excluding carboxylic acids is 2. The predicted molar refractivity (Wildman–Crippen MR) is 128 cm³/mol. The van der Waals surface area contributed by atoms with E-state index >= 15 is 0 Å². The molecule has 3 aromatic carbocycles. The lowest BCUT2D eigenvalue weighted by Crippen LogP contribution is -2.23. The summed E-state index contributed by atoms with van der Waals surface area (Å²) < 4.78 is 6.81. The molecule has 4 aromatic rings. The van der Waals surface area contributed by atoms with Crippen LogP contribution in [0.15, 0.2) is 97.2 Å². The Morgan fingerprint density at radius 2 is 1.64 bits per heavy atom. The summed E-state index contributed by atoms with van der Waals surface area (Å²) in [5, 5.41) is 4.77. The third kappa shape index (κ3) is 4.32. The fourth-order valence-corrected chi connectivity index (χ4v) is 3.76. The Labute approximate surface area is 191 Å². The van der Waals surface area contributed by atoms with E-state index in [0.717, 1.165) is 22.5 Å². The third-order valence-electron chi connectivity index (χ3n) is 5.43. The number of carbonyl (C=O) groups is 2. The molecule has 6 heteroatoms. The molecule has 0 bridgehead atoms. The van der Waals surface area contributed by atoms with Crippen LogP contribution in [-0.2, 0) is 4.74 Å². The van der Waals surface area contributed by atoms with Crippen LogP contribution in [0, 0.1) is 0 Å². The second-order valence-electron chi connectivity index (χ2n) is 7.59. The number of amides is 1. The molecule has 0 saturated carbocycles. The Balaban J connectivity index is 1.46. The summed E-state index contributed by atoms with van der Waals surface area (Å²) in [6.45, 7) is 0.829. The molecule has 2 heterocycles. The topological polar surface area (TPSA) is 64.4 Å². The number of nitrogens with zero attached hydrogens (tertiary/aromatic N) is 3. The Bertz CT molecular complexity index is 1330. The smallest absolute Gasteiger partial charge is 0.414 e. The lowest BCUT2D eigenvalue weighted by Gasteiger charge is -2.13. The maximum atomic E-state index is 12.9. The van der Waals surface area contributed by atoms with Crippen molar-refractivity contribution in [3.05, 3.63) is 108 Å². The molecule has 33 heavy (non-hydrogen) atoms. The maximum Gasteiger partial charge on any atom is 0.414 e. The third-order valence-corrected chi connectivity index (χ3v) is 5.43. The molecule has 0 atom stereocenters.